The maximum Gasteiger partial charge on any atom is 0.296 e. The quantitative estimate of drug-likeness (QED) is 0.674. The molecule has 0 spiro atoms. The smallest absolute Gasteiger partial charge is 0.296 e. The number of nitrogens with two attached hydrogens (primary N) is 1. The van der Waals surface area contributed by atoms with Gasteiger partial charge in [0, 0.05) is 30.3 Å². The highest BCUT2D eigenvalue weighted by molar-refractivity contribution is 6.01. The van der Waals surface area contributed by atoms with Crippen LogP contribution in [0.25, 0.3) is 11.1 Å². The molecule has 2 aromatic rings. The normalized spacial score (nSPS) is 17.0. The van der Waals surface area contributed by atoms with E-state index in [1.54, 1.807) is 6.92 Å². The molecular formula is C23H22FN3O2. The fraction of sp³-hybridized carbons (Fsp3) is 0.304. The van der Waals surface area contributed by atoms with E-state index in [-0.39, 0.29) is 17.5 Å². The second kappa shape index (κ2) is 7.59. The van der Waals surface area contributed by atoms with Gasteiger partial charge in [-0.1, -0.05) is 30.2 Å². The number of hydrogen-bond donors (Lipinski definition) is 2. The highest BCUT2D eigenvalue weighted by atomic mass is 19.1. The van der Waals surface area contributed by atoms with Crippen molar-refractivity contribution in [1.29, 1.82) is 0 Å². The molecule has 29 heavy (non-hydrogen) atoms. The predicted octanol–water partition coefficient (Wildman–Crippen LogP) is 2.60. The molecule has 2 amide bonds. The molecule has 5 nitrogen and oxygen atoms in total. The number of fused-ring (bicyclic) bond motifs is 3. The predicted molar refractivity (Wildman–Crippen MR) is 110 cm³/mol. The molecule has 2 aromatic carbocycles. The SMILES string of the molecule is CC#CC(=O)N[C@@H]1CCCN(c2c(F)cc(C(N)=O)c3c2-c2ccccc2C3)C1. The first kappa shape index (κ1) is 19.0. The van der Waals surface area contributed by atoms with Gasteiger partial charge in [-0.05, 0) is 54.9 Å². The molecule has 1 heterocycles. The number of nitrogens with one attached hydrogen (secondary N) is 1. The summed E-state index contributed by atoms with van der Waals surface area (Å²) in [5.74, 6) is 3.67. The van der Waals surface area contributed by atoms with Crippen LogP contribution >= 0.6 is 0 Å². The van der Waals surface area contributed by atoms with Crippen LogP contribution in [0.3, 0.4) is 0 Å². The lowest BCUT2D eigenvalue weighted by molar-refractivity contribution is -0.116. The van der Waals surface area contributed by atoms with Gasteiger partial charge in [0.05, 0.1) is 5.69 Å². The number of halogens is 1. The van der Waals surface area contributed by atoms with Gasteiger partial charge in [-0.2, -0.15) is 0 Å². The van der Waals surface area contributed by atoms with Crippen LogP contribution < -0.4 is 16.0 Å². The van der Waals surface area contributed by atoms with E-state index in [1.165, 1.54) is 6.07 Å². The summed E-state index contributed by atoms with van der Waals surface area (Å²) in [6.45, 7) is 2.77. The summed E-state index contributed by atoms with van der Waals surface area (Å²) in [5.41, 5.74) is 9.77. The molecule has 3 N–H and O–H groups in total. The van der Waals surface area contributed by atoms with Gasteiger partial charge in [-0.3, -0.25) is 9.59 Å². The Hall–Kier alpha value is -3.33. The lowest BCUT2D eigenvalue weighted by Gasteiger charge is -2.36. The van der Waals surface area contributed by atoms with Crippen LogP contribution in [-0.4, -0.2) is 30.9 Å². The van der Waals surface area contributed by atoms with Crippen LogP contribution in [-0.2, 0) is 11.2 Å². The maximum absolute atomic E-state index is 15.3. The van der Waals surface area contributed by atoms with Crippen molar-refractivity contribution in [2.24, 2.45) is 5.73 Å². The van der Waals surface area contributed by atoms with Crippen molar-refractivity contribution in [2.45, 2.75) is 32.2 Å². The van der Waals surface area contributed by atoms with Gasteiger partial charge in [0.15, 0.2) is 0 Å². The van der Waals surface area contributed by atoms with Crippen molar-refractivity contribution in [3.8, 4) is 23.0 Å². The number of primary amides is 1. The zero-order valence-electron chi connectivity index (χ0n) is 16.2. The van der Waals surface area contributed by atoms with Crippen LogP contribution in [0, 0.1) is 17.7 Å². The minimum atomic E-state index is -0.624. The molecule has 1 aliphatic heterocycles. The number of benzene rings is 2. The third-order valence-electron chi connectivity index (χ3n) is 5.59. The first-order valence-electron chi connectivity index (χ1n) is 9.71. The van der Waals surface area contributed by atoms with Gasteiger partial charge in [0.25, 0.3) is 5.91 Å². The number of rotatable bonds is 3. The molecule has 0 saturated carbocycles. The average Bonchev–Trinajstić information content (AvgIpc) is 3.07. The van der Waals surface area contributed by atoms with Crippen LogP contribution in [0.4, 0.5) is 10.1 Å². The highest BCUT2D eigenvalue weighted by Gasteiger charge is 2.32. The minimum absolute atomic E-state index is 0.111. The van der Waals surface area contributed by atoms with E-state index < -0.39 is 11.7 Å². The van der Waals surface area contributed by atoms with Gasteiger partial charge in [-0.15, -0.1) is 0 Å². The molecule has 1 aliphatic carbocycles. The van der Waals surface area contributed by atoms with E-state index in [1.807, 2.05) is 29.2 Å². The molecule has 2 aliphatic rings. The molecule has 6 heteroatoms. The lowest BCUT2D eigenvalue weighted by atomic mass is 9.95. The summed E-state index contributed by atoms with van der Waals surface area (Å²) < 4.78 is 15.3. The third-order valence-corrected chi connectivity index (χ3v) is 5.59. The number of hydrogen-bond acceptors (Lipinski definition) is 3. The molecule has 1 saturated heterocycles. The third kappa shape index (κ3) is 3.44. The molecule has 4 rings (SSSR count). The van der Waals surface area contributed by atoms with Gasteiger partial charge in [0.2, 0.25) is 5.91 Å². The van der Waals surface area contributed by atoms with Crippen molar-refractivity contribution in [3.63, 3.8) is 0 Å². The molecule has 148 valence electrons. The highest BCUT2D eigenvalue weighted by Crippen LogP contribution is 2.46. The second-order valence-corrected chi connectivity index (χ2v) is 7.44. The van der Waals surface area contributed by atoms with Gasteiger partial charge >= 0.3 is 0 Å². The Morgan fingerprint density at radius 3 is 2.86 bits per heavy atom. The Labute approximate surface area is 169 Å². The van der Waals surface area contributed by atoms with Crippen molar-refractivity contribution < 1.29 is 14.0 Å². The lowest BCUT2D eigenvalue weighted by Crippen LogP contribution is -2.48. The average molecular weight is 391 g/mol. The topological polar surface area (TPSA) is 75.4 Å². The molecule has 0 radical (unpaired) electrons. The summed E-state index contributed by atoms with van der Waals surface area (Å²) in [6.07, 6.45) is 2.18. The molecule has 0 unspecified atom stereocenters. The maximum atomic E-state index is 15.3. The Morgan fingerprint density at radius 2 is 2.10 bits per heavy atom. The fourth-order valence-electron chi connectivity index (χ4n) is 4.42. The van der Waals surface area contributed by atoms with Crippen LogP contribution in [0.2, 0.25) is 0 Å². The van der Waals surface area contributed by atoms with E-state index in [0.717, 1.165) is 35.1 Å². The Kier molecular flexibility index (Phi) is 4.98. The Bertz CT molecular complexity index is 1070. The largest absolute Gasteiger partial charge is 0.367 e. The number of nitrogens with zero attached hydrogens (tertiary/aromatic N) is 1. The first-order valence-corrected chi connectivity index (χ1v) is 9.71. The summed E-state index contributed by atoms with van der Waals surface area (Å²) in [5, 5.41) is 2.90. The van der Waals surface area contributed by atoms with Crippen LogP contribution in [0.15, 0.2) is 30.3 Å². The summed E-state index contributed by atoms with van der Waals surface area (Å²) in [4.78, 5) is 25.8. The monoisotopic (exact) mass is 391 g/mol. The van der Waals surface area contributed by atoms with Gasteiger partial charge in [0.1, 0.15) is 5.82 Å². The zero-order valence-corrected chi connectivity index (χ0v) is 16.2. The Balaban J connectivity index is 1.77. The van der Waals surface area contributed by atoms with E-state index in [0.29, 0.717) is 25.2 Å². The van der Waals surface area contributed by atoms with Gasteiger partial charge < -0.3 is 16.0 Å². The summed E-state index contributed by atoms with van der Waals surface area (Å²) >= 11 is 0. The van der Waals surface area contributed by atoms with Gasteiger partial charge in [-0.25, -0.2) is 4.39 Å². The zero-order chi connectivity index (χ0) is 20.5. The standard InChI is InChI=1S/C23H22FN3O2/c1-2-6-20(28)26-15-8-5-10-27(13-15)22-19(24)12-18(23(25)29)17-11-14-7-3-4-9-16(14)21(17)22/h3-4,7,9,12,15H,5,8,10-11,13H2,1H3,(H2,25,29)(H,26,28)/t15-/m1/s1. The van der Waals surface area contributed by atoms with Crippen molar-refractivity contribution in [3.05, 3.63) is 52.8 Å². The van der Waals surface area contributed by atoms with E-state index in [2.05, 4.69) is 17.2 Å². The second-order valence-electron chi connectivity index (χ2n) is 7.44. The number of anilines is 1. The fourth-order valence-corrected chi connectivity index (χ4v) is 4.42. The van der Waals surface area contributed by atoms with E-state index >= 15 is 4.39 Å². The van der Waals surface area contributed by atoms with Crippen molar-refractivity contribution in [2.75, 3.05) is 18.0 Å². The van der Waals surface area contributed by atoms with E-state index in [4.69, 9.17) is 5.73 Å². The summed E-state index contributed by atoms with van der Waals surface area (Å²) in [6, 6.07) is 8.94. The number of carbonyl (C=O) groups is 2. The van der Waals surface area contributed by atoms with Crippen molar-refractivity contribution >= 4 is 17.5 Å². The van der Waals surface area contributed by atoms with Crippen molar-refractivity contribution in [1.82, 2.24) is 5.32 Å². The number of amides is 2. The minimum Gasteiger partial charge on any atom is -0.367 e. The number of piperidine rings is 1. The number of carbonyl (C=O) groups excluding carboxylic acids is 2. The first-order chi connectivity index (χ1) is 14.0. The Morgan fingerprint density at radius 1 is 1.31 bits per heavy atom. The molecular weight excluding hydrogens is 369 g/mol. The van der Waals surface area contributed by atoms with E-state index in [9.17, 15) is 9.59 Å². The molecule has 0 aromatic heterocycles. The summed E-state index contributed by atoms with van der Waals surface area (Å²) in [7, 11) is 0. The van der Waals surface area contributed by atoms with Crippen LogP contribution in [0.1, 0.15) is 41.3 Å². The molecule has 1 fully saturated rings. The molecule has 0 bridgehead atoms. The molecule has 1 atom stereocenters. The van der Waals surface area contributed by atoms with Crippen LogP contribution in [0.5, 0.6) is 0 Å².